The summed E-state index contributed by atoms with van der Waals surface area (Å²) < 4.78 is 5.71. The van der Waals surface area contributed by atoms with E-state index < -0.39 is 5.91 Å². The number of anilines is 1. The van der Waals surface area contributed by atoms with Crippen LogP contribution in [0.25, 0.3) is 11.0 Å². The first-order valence-corrected chi connectivity index (χ1v) is 7.87. The summed E-state index contributed by atoms with van der Waals surface area (Å²) in [5.41, 5.74) is 1.44. The van der Waals surface area contributed by atoms with Crippen LogP contribution in [0.4, 0.5) is 5.69 Å². The third kappa shape index (κ3) is 3.05. The van der Waals surface area contributed by atoms with Crippen molar-refractivity contribution in [1.29, 1.82) is 0 Å². The summed E-state index contributed by atoms with van der Waals surface area (Å²) >= 11 is 0. The Kier molecular flexibility index (Phi) is 3.95. The van der Waals surface area contributed by atoms with Gasteiger partial charge in [0.05, 0.1) is 5.56 Å². The normalized spacial score (nSPS) is 10.6. The number of benzene rings is 3. The Morgan fingerprint density at radius 3 is 2.42 bits per heavy atom. The lowest BCUT2D eigenvalue weighted by molar-refractivity contribution is 0.102. The highest BCUT2D eigenvalue weighted by Crippen LogP contribution is 2.27. The summed E-state index contributed by atoms with van der Waals surface area (Å²) in [6.07, 6.45) is 0. The molecule has 0 spiro atoms. The van der Waals surface area contributed by atoms with Gasteiger partial charge < -0.3 is 15.2 Å². The van der Waals surface area contributed by atoms with Crippen LogP contribution in [0, 0.1) is 0 Å². The maximum Gasteiger partial charge on any atom is 0.259 e. The fraction of sp³-hybridized carbons (Fsp3) is 0. The van der Waals surface area contributed by atoms with Crippen LogP contribution >= 0.6 is 0 Å². The fourth-order valence-corrected chi connectivity index (χ4v) is 2.51. The summed E-state index contributed by atoms with van der Waals surface area (Å²) in [6.45, 7) is 0. The van der Waals surface area contributed by atoms with E-state index in [-0.39, 0.29) is 16.8 Å². The van der Waals surface area contributed by atoms with Gasteiger partial charge in [-0.05, 0) is 48.5 Å². The molecule has 3 N–H and O–H groups in total. The molecule has 0 atom stereocenters. The van der Waals surface area contributed by atoms with Crippen LogP contribution in [0.2, 0.25) is 0 Å². The number of aromatic hydroxyl groups is 1. The minimum absolute atomic E-state index is 0.121. The van der Waals surface area contributed by atoms with Crippen LogP contribution in [0.3, 0.4) is 0 Å². The molecule has 26 heavy (non-hydrogen) atoms. The number of ether oxygens (including phenoxy) is 1. The minimum atomic E-state index is -0.441. The molecule has 0 radical (unpaired) electrons. The van der Waals surface area contributed by atoms with Crippen molar-refractivity contribution in [3.63, 3.8) is 0 Å². The Morgan fingerprint density at radius 1 is 0.923 bits per heavy atom. The molecule has 0 bridgehead atoms. The number of para-hydroxylation sites is 1. The SMILES string of the molecule is O=C(Nc1ccc(Oc2ccccc2)cc1)c1ccc2n[nH]nc2c1O. The van der Waals surface area contributed by atoms with Crippen LogP contribution in [0.5, 0.6) is 17.2 Å². The van der Waals surface area contributed by atoms with Gasteiger partial charge in [0.15, 0.2) is 11.3 Å². The maximum atomic E-state index is 12.4. The summed E-state index contributed by atoms with van der Waals surface area (Å²) in [5.74, 6) is 0.734. The predicted molar refractivity (Wildman–Crippen MR) is 96.5 cm³/mol. The van der Waals surface area contributed by atoms with Crippen molar-refractivity contribution >= 4 is 22.6 Å². The molecule has 0 unspecified atom stereocenters. The van der Waals surface area contributed by atoms with Crippen molar-refractivity contribution in [3.8, 4) is 17.2 Å². The van der Waals surface area contributed by atoms with Gasteiger partial charge in [0.25, 0.3) is 5.91 Å². The highest BCUT2D eigenvalue weighted by Gasteiger charge is 2.16. The van der Waals surface area contributed by atoms with Crippen molar-refractivity contribution < 1.29 is 14.6 Å². The minimum Gasteiger partial charge on any atom is -0.505 e. The van der Waals surface area contributed by atoms with E-state index in [1.165, 1.54) is 6.07 Å². The smallest absolute Gasteiger partial charge is 0.259 e. The molecule has 1 amide bonds. The van der Waals surface area contributed by atoms with Crippen LogP contribution < -0.4 is 10.1 Å². The number of hydrogen-bond donors (Lipinski definition) is 3. The molecule has 0 fully saturated rings. The highest BCUT2D eigenvalue weighted by atomic mass is 16.5. The number of phenolic OH excluding ortho intramolecular Hbond substituents is 1. The molecule has 4 aromatic rings. The average molecular weight is 346 g/mol. The number of nitrogens with zero attached hydrogens (tertiary/aromatic N) is 2. The van der Waals surface area contributed by atoms with Gasteiger partial charge in [0, 0.05) is 5.69 Å². The quantitative estimate of drug-likeness (QED) is 0.523. The van der Waals surface area contributed by atoms with Gasteiger partial charge in [-0.15, -0.1) is 0 Å². The van der Waals surface area contributed by atoms with Crippen LogP contribution in [-0.4, -0.2) is 26.4 Å². The van der Waals surface area contributed by atoms with E-state index in [0.29, 0.717) is 17.0 Å². The van der Waals surface area contributed by atoms with Crippen molar-refractivity contribution in [2.75, 3.05) is 5.32 Å². The molecule has 4 rings (SSSR count). The monoisotopic (exact) mass is 346 g/mol. The van der Waals surface area contributed by atoms with Crippen LogP contribution in [0.1, 0.15) is 10.4 Å². The lowest BCUT2D eigenvalue weighted by atomic mass is 10.1. The van der Waals surface area contributed by atoms with Gasteiger partial charge in [-0.25, -0.2) is 0 Å². The van der Waals surface area contributed by atoms with E-state index in [4.69, 9.17) is 4.74 Å². The standard InChI is InChI=1S/C19H14N4O3/c24-18-15(10-11-16-17(18)22-23-21-16)19(25)20-12-6-8-14(9-7-12)26-13-4-2-1-3-5-13/h1-11,24H,(H,20,25)(H,21,22,23). The third-order valence-electron chi connectivity index (χ3n) is 3.80. The maximum absolute atomic E-state index is 12.4. The molecule has 0 aliphatic carbocycles. The van der Waals surface area contributed by atoms with E-state index in [1.807, 2.05) is 30.3 Å². The summed E-state index contributed by atoms with van der Waals surface area (Å²) in [6, 6.07) is 19.5. The number of phenols is 1. The Bertz CT molecular complexity index is 1060. The summed E-state index contributed by atoms with van der Waals surface area (Å²) in [4.78, 5) is 12.4. The van der Waals surface area contributed by atoms with E-state index in [0.717, 1.165) is 5.75 Å². The van der Waals surface area contributed by atoms with Crippen molar-refractivity contribution in [1.82, 2.24) is 15.4 Å². The number of aromatic amines is 1. The number of H-pyrrole nitrogens is 1. The first kappa shape index (κ1) is 15.6. The van der Waals surface area contributed by atoms with Gasteiger partial charge >= 0.3 is 0 Å². The second-order valence-electron chi connectivity index (χ2n) is 5.55. The zero-order valence-corrected chi connectivity index (χ0v) is 13.5. The molecule has 3 aromatic carbocycles. The second-order valence-corrected chi connectivity index (χ2v) is 5.55. The van der Waals surface area contributed by atoms with Gasteiger partial charge in [-0.1, -0.05) is 18.2 Å². The number of rotatable bonds is 4. The van der Waals surface area contributed by atoms with E-state index in [1.54, 1.807) is 30.3 Å². The fourth-order valence-electron chi connectivity index (χ4n) is 2.51. The number of aromatic nitrogens is 3. The predicted octanol–water partition coefficient (Wildman–Crippen LogP) is 3.71. The number of hydrogen-bond acceptors (Lipinski definition) is 5. The molecular weight excluding hydrogens is 332 g/mol. The van der Waals surface area contributed by atoms with Crippen molar-refractivity contribution in [3.05, 3.63) is 72.3 Å². The molecule has 7 heteroatoms. The Labute approximate surface area is 148 Å². The zero-order valence-electron chi connectivity index (χ0n) is 13.5. The van der Waals surface area contributed by atoms with Gasteiger partial charge in [0.1, 0.15) is 17.0 Å². The largest absolute Gasteiger partial charge is 0.505 e. The molecule has 0 aliphatic heterocycles. The number of fused-ring (bicyclic) bond motifs is 1. The number of carbonyl (C=O) groups is 1. The molecule has 0 saturated carbocycles. The summed E-state index contributed by atoms with van der Waals surface area (Å²) in [7, 11) is 0. The number of carbonyl (C=O) groups excluding carboxylic acids is 1. The molecule has 1 aromatic heterocycles. The third-order valence-corrected chi connectivity index (χ3v) is 3.80. The second kappa shape index (κ2) is 6.56. The Morgan fingerprint density at radius 2 is 1.65 bits per heavy atom. The number of nitrogens with one attached hydrogen (secondary N) is 2. The first-order chi connectivity index (χ1) is 12.7. The lowest BCUT2D eigenvalue weighted by Crippen LogP contribution is -2.12. The van der Waals surface area contributed by atoms with Gasteiger partial charge in [-0.3, -0.25) is 4.79 Å². The lowest BCUT2D eigenvalue weighted by Gasteiger charge is -2.09. The molecule has 7 nitrogen and oxygen atoms in total. The highest BCUT2D eigenvalue weighted by molar-refractivity contribution is 6.08. The van der Waals surface area contributed by atoms with E-state index in [9.17, 15) is 9.90 Å². The molecule has 0 saturated heterocycles. The Hall–Kier alpha value is -3.87. The van der Waals surface area contributed by atoms with E-state index in [2.05, 4.69) is 20.7 Å². The van der Waals surface area contributed by atoms with Gasteiger partial charge in [-0.2, -0.15) is 15.4 Å². The molecule has 0 aliphatic rings. The molecule has 128 valence electrons. The first-order valence-electron chi connectivity index (χ1n) is 7.87. The molecular formula is C19H14N4O3. The van der Waals surface area contributed by atoms with Crippen LogP contribution in [0.15, 0.2) is 66.7 Å². The van der Waals surface area contributed by atoms with Gasteiger partial charge in [0.2, 0.25) is 0 Å². The number of amides is 1. The zero-order chi connectivity index (χ0) is 17.9. The topological polar surface area (TPSA) is 100 Å². The van der Waals surface area contributed by atoms with E-state index >= 15 is 0 Å². The average Bonchev–Trinajstić information content (AvgIpc) is 3.14. The molecule has 1 heterocycles. The van der Waals surface area contributed by atoms with Crippen molar-refractivity contribution in [2.24, 2.45) is 0 Å². The Balaban J connectivity index is 1.49. The van der Waals surface area contributed by atoms with Crippen molar-refractivity contribution in [2.45, 2.75) is 0 Å². The summed E-state index contributed by atoms with van der Waals surface area (Å²) in [5, 5.41) is 23.0. The van der Waals surface area contributed by atoms with Crippen LogP contribution in [-0.2, 0) is 0 Å².